The Morgan fingerprint density at radius 1 is 1.14 bits per heavy atom. The van der Waals surface area contributed by atoms with E-state index in [1.807, 2.05) is 37.4 Å². The lowest BCUT2D eigenvalue weighted by molar-refractivity contribution is 0.0521. The molecule has 1 N–H and O–H groups in total. The summed E-state index contributed by atoms with van der Waals surface area (Å²) in [5.74, 6) is -0.295. The summed E-state index contributed by atoms with van der Waals surface area (Å²) >= 11 is 6.34. The van der Waals surface area contributed by atoms with Gasteiger partial charge in [0.2, 0.25) is 0 Å². The lowest BCUT2D eigenvalue weighted by Gasteiger charge is -2.16. The molecule has 1 aromatic heterocycles. The molecule has 1 fully saturated rings. The van der Waals surface area contributed by atoms with Crippen molar-refractivity contribution in [2.45, 2.75) is 38.2 Å². The van der Waals surface area contributed by atoms with Crippen LogP contribution in [-0.4, -0.2) is 56.7 Å². The first-order valence-corrected chi connectivity index (χ1v) is 13.6. The molecule has 1 atom stereocenters. The minimum Gasteiger partial charge on any atom is -0.487 e. The maximum atomic E-state index is 13.7. The number of carbonyl (C=O) groups is 1. The zero-order chi connectivity index (χ0) is 26.0. The van der Waals surface area contributed by atoms with Crippen molar-refractivity contribution in [1.82, 2.24) is 9.47 Å². The van der Waals surface area contributed by atoms with Crippen LogP contribution in [0.2, 0.25) is 5.02 Å². The normalized spacial score (nSPS) is 16.2. The van der Waals surface area contributed by atoms with Crippen molar-refractivity contribution in [3.05, 3.63) is 70.5 Å². The van der Waals surface area contributed by atoms with Gasteiger partial charge in [-0.1, -0.05) is 29.8 Å². The van der Waals surface area contributed by atoms with E-state index in [4.69, 9.17) is 21.1 Å². The van der Waals surface area contributed by atoms with Crippen molar-refractivity contribution in [2.24, 2.45) is 0 Å². The number of likely N-dealkylation sites (tertiary alicyclic amines) is 1. The first-order chi connectivity index (χ1) is 17.1. The van der Waals surface area contributed by atoms with E-state index in [1.54, 1.807) is 43.5 Å². The van der Waals surface area contributed by atoms with Crippen molar-refractivity contribution in [2.75, 3.05) is 31.5 Å². The van der Waals surface area contributed by atoms with Crippen LogP contribution < -0.4 is 9.46 Å². The molecule has 0 unspecified atom stereocenters. The van der Waals surface area contributed by atoms with Crippen LogP contribution in [0.3, 0.4) is 0 Å². The highest BCUT2D eigenvalue weighted by atomic mass is 35.5. The van der Waals surface area contributed by atoms with Gasteiger partial charge in [-0.2, -0.15) is 0 Å². The van der Waals surface area contributed by atoms with Crippen LogP contribution in [0.1, 0.15) is 35.1 Å². The summed E-state index contributed by atoms with van der Waals surface area (Å²) in [6.45, 7) is 6.86. The van der Waals surface area contributed by atoms with Gasteiger partial charge in [-0.15, -0.1) is 0 Å². The highest BCUT2D eigenvalue weighted by Gasteiger charge is 2.33. The summed E-state index contributed by atoms with van der Waals surface area (Å²) in [5.41, 5.74) is 1.89. The molecule has 1 saturated heterocycles. The number of sulfonamides is 1. The number of hydrogen-bond donors (Lipinski definition) is 1. The van der Waals surface area contributed by atoms with Crippen LogP contribution >= 0.6 is 11.6 Å². The smallest absolute Gasteiger partial charge is 0.341 e. The summed E-state index contributed by atoms with van der Waals surface area (Å²) in [5, 5.41) is 0.391. The maximum Gasteiger partial charge on any atom is 0.341 e. The van der Waals surface area contributed by atoms with Gasteiger partial charge in [0, 0.05) is 36.2 Å². The number of benzene rings is 2. The molecule has 1 aliphatic rings. The zero-order valence-corrected chi connectivity index (χ0v) is 22.3. The molecule has 0 bridgehead atoms. The number of ether oxygens (including phenoxy) is 2. The third kappa shape index (κ3) is 5.23. The number of esters is 1. The van der Waals surface area contributed by atoms with Crippen LogP contribution in [0.5, 0.6) is 5.75 Å². The van der Waals surface area contributed by atoms with Crippen LogP contribution in [0, 0.1) is 13.8 Å². The average Bonchev–Trinajstić information content (AvgIpc) is 3.36. The van der Waals surface area contributed by atoms with Crippen LogP contribution in [0.25, 0.3) is 5.69 Å². The number of carbonyl (C=O) groups excluding carboxylic acids is 1. The summed E-state index contributed by atoms with van der Waals surface area (Å²) in [7, 11) is -2.18. The van der Waals surface area contributed by atoms with E-state index in [0.29, 0.717) is 22.2 Å². The Morgan fingerprint density at radius 3 is 2.50 bits per heavy atom. The lowest BCUT2D eigenvalue weighted by Crippen LogP contribution is -2.21. The molecule has 192 valence electrons. The number of likely N-dealkylation sites (N-methyl/N-ethyl adjacent to an activating group) is 1. The maximum absolute atomic E-state index is 13.7. The number of hydrogen-bond acceptors (Lipinski definition) is 6. The van der Waals surface area contributed by atoms with Crippen molar-refractivity contribution in [3.8, 4) is 11.4 Å². The van der Waals surface area contributed by atoms with Crippen molar-refractivity contribution in [1.29, 1.82) is 0 Å². The van der Waals surface area contributed by atoms with Gasteiger partial charge in [0.25, 0.3) is 10.0 Å². The minimum absolute atomic E-state index is 0.00475. The molecule has 0 radical (unpaired) electrons. The Hall–Kier alpha value is -3.01. The van der Waals surface area contributed by atoms with E-state index in [0.717, 1.165) is 25.2 Å². The van der Waals surface area contributed by atoms with Crippen LogP contribution in [0.15, 0.2) is 53.4 Å². The van der Waals surface area contributed by atoms with Crippen LogP contribution in [0.4, 0.5) is 5.69 Å². The van der Waals surface area contributed by atoms with Gasteiger partial charge in [0.15, 0.2) is 0 Å². The summed E-state index contributed by atoms with van der Waals surface area (Å²) in [6.07, 6.45) is 0.830. The molecule has 10 heteroatoms. The predicted octanol–water partition coefficient (Wildman–Crippen LogP) is 4.81. The third-order valence-electron chi connectivity index (χ3n) is 6.18. The zero-order valence-electron chi connectivity index (χ0n) is 20.7. The van der Waals surface area contributed by atoms with E-state index < -0.39 is 16.0 Å². The molecule has 8 nitrogen and oxygen atoms in total. The second-order valence-electron chi connectivity index (χ2n) is 8.81. The van der Waals surface area contributed by atoms with Gasteiger partial charge >= 0.3 is 5.97 Å². The highest BCUT2D eigenvalue weighted by Crippen LogP contribution is 2.34. The Bertz CT molecular complexity index is 1370. The second kappa shape index (κ2) is 10.5. The van der Waals surface area contributed by atoms with E-state index in [9.17, 15) is 13.2 Å². The summed E-state index contributed by atoms with van der Waals surface area (Å²) in [6, 6.07) is 14.0. The molecule has 4 rings (SSSR count). The fourth-order valence-electron chi connectivity index (χ4n) is 4.58. The Labute approximate surface area is 216 Å². The molecular formula is C26H30ClN3O5S. The first kappa shape index (κ1) is 26.1. The minimum atomic E-state index is -4.19. The van der Waals surface area contributed by atoms with Crippen molar-refractivity contribution in [3.63, 3.8) is 0 Å². The topological polar surface area (TPSA) is 89.9 Å². The molecule has 0 aliphatic carbocycles. The monoisotopic (exact) mass is 531 g/mol. The molecule has 2 aromatic carbocycles. The molecule has 36 heavy (non-hydrogen) atoms. The van der Waals surface area contributed by atoms with Gasteiger partial charge in [-0.05, 0) is 58.5 Å². The largest absolute Gasteiger partial charge is 0.487 e. The fraction of sp³-hybridized carbons (Fsp3) is 0.346. The summed E-state index contributed by atoms with van der Waals surface area (Å²) < 4.78 is 43.1. The van der Waals surface area contributed by atoms with Crippen molar-refractivity contribution < 1.29 is 22.7 Å². The number of anilines is 1. The van der Waals surface area contributed by atoms with Gasteiger partial charge < -0.3 is 18.9 Å². The SMILES string of the molecule is CCOC(=O)c1c(S(=O)(=O)Nc2ccc(Cl)c(O[C@@H]3CCN(C)C3)c2)c(C)n(-c2ccccc2)c1C. The number of aromatic nitrogens is 1. The van der Waals surface area contributed by atoms with Gasteiger partial charge in [-0.3, -0.25) is 4.72 Å². The van der Waals surface area contributed by atoms with Gasteiger partial charge in [0.1, 0.15) is 22.3 Å². The fourth-order valence-corrected chi connectivity index (χ4v) is 6.26. The molecule has 3 aromatic rings. The molecule has 0 amide bonds. The molecule has 0 spiro atoms. The number of nitrogens with zero attached hydrogens (tertiary/aromatic N) is 2. The average molecular weight is 532 g/mol. The highest BCUT2D eigenvalue weighted by molar-refractivity contribution is 7.92. The van der Waals surface area contributed by atoms with E-state index in [1.165, 1.54) is 0 Å². The summed E-state index contributed by atoms with van der Waals surface area (Å²) in [4.78, 5) is 15.0. The molecule has 2 heterocycles. The van der Waals surface area contributed by atoms with Crippen molar-refractivity contribution >= 4 is 33.3 Å². The number of halogens is 1. The Kier molecular flexibility index (Phi) is 7.63. The van der Waals surface area contributed by atoms with Gasteiger partial charge in [-0.25, -0.2) is 13.2 Å². The second-order valence-corrected chi connectivity index (χ2v) is 10.8. The quantitative estimate of drug-likeness (QED) is 0.420. The van der Waals surface area contributed by atoms with E-state index in [-0.39, 0.29) is 28.9 Å². The molecule has 0 saturated carbocycles. The lowest BCUT2D eigenvalue weighted by atomic mass is 10.2. The Morgan fingerprint density at radius 2 is 1.86 bits per heavy atom. The number of nitrogens with one attached hydrogen (secondary N) is 1. The van der Waals surface area contributed by atoms with Gasteiger partial charge in [0.05, 0.1) is 17.3 Å². The third-order valence-corrected chi connectivity index (χ3v) is 8.03. The Balaban J connectivity index is 1.74. The van der Waals surface area contributed by atoms with Crippen LogP contribution in [-0.2, 0) is 14.8 Å². The number of rotatable bonds is 8. The predicted molar refractivity (Wildman–Crippen MR) is 140 cm³/mol. The number of para-hydroxylation sites is 1. The molecule has 1 aliphatic heterocycles. The first-order valence-electron chi connectivity index (χ1n) is 11.7. The molecular weight excluding hydrogens is 502 g/mol. The van der Waals surface area contributed by atoms with E-state index >= 15 is 0 Å². The van der Waals surface area contributed by atoms with E-state index in [2.05, 4.69) is 9.62 Å². The standard InChI is InChI=1S/C26H30ClN3O5S/c1-5-34-26(31)24-17(2)30(20-9-7-6-8-10-20)18(3)25(24)36(32,33)28-19-11-12-22(27)23(15-19)35-21-13-14-29(4)16-21/h6-12,15,21,28H,5,13-14,16H2,1-4H3/t21-/m1/s1.